The van der Waals surface area contributed by atoms with Crippen molar-refractivity contribution in [2.75, 3.05) is 39.3 Å². The Hall–Kier alpha value is -1.95. The van der Waals surface area contributed by atoms with E-state index in [4.69, 9.17) is 0 Å². The second-order valence-corrected chi connectivity index (χ2v) is 8.90. The highest BCUT2D eigenvalue weighted by atomic mass is 16.2. The van der Waals surface area contributed by atoms with E-state index >= 15 is 0 Å². The van der Waals surface area contributed by atoms with Gasteiger partial charge < -0.3 is 9.80 Å². The Morgan fingerprint density at radius 1 is 0.828 bits per heavy atom. The number of aromatic nitrogens is 1. The first-order chi connectivity index (χ1) is 14.2. The quantitative estimate of drug-likeness (QED) is 0.782. The molecule has 0 aromatic carbocycles. The molecule has 0 bridgehead atoms. The summed E-state index contributed by atoms with van der Waals surface area (Å²) in [6.45, 7) is 6.01. The van der Waals surface area contributed by atoms with Gasteiger partial charge in [-0.15, -0.1) is 0 Å². The molecule has 1 aromatic rings. The van der Waals surface area contributed by atoms with E-state index in [9.17, 15) is 9.59 Å². The molecule has 0 radical (unpaired) electrons. The fraction of sp³-hybridized carbons (Fsp3) is 0.696. The number of likely N-dealkylation sites (tertiary alicyclic amines) is 1. The first-order valence-electron chi connectivity index (χ1n) is 11.4. The summed E-state index contributed by atoms with van der Waals surface area (Å²) in [7, 11) is 0. The van der Waals surface area contributed by atoms with Crippen LogP contribution in [0.1, 0.15) is 50.5 Å². The molecule has 0 spiro atoms. The third-order valence-electron chi connectivity index (χ3n) is 6.89. The van der Waals surface area contributed by atoms with E-state index in [1.165, 1.54) is 18.4 Å². The molecule has 1 aromatic heterocycles. The van der Waals surface area contributed by atoms with Crippen molar-refractivity contribution in [1.29, 1.82) is 0 Å². The zero-order valence-corrected chi connectivity index (χ0v) is 17.5. The minimum Gasteiger partial charge on any atom is -0.342 e. The summed E-state index contributed by atoms with van der Waals surface area (Å²) in [6.07, 6.45) is 10.9. The SMILES string of the molecule is O=C(C1CCCC1)N1CCC(C(=O)N2CCCN(Cc3cccnc3)CC2)CC1. The zero-order chi connectivity index (χ0) is 20.1. The van der Waals surface area contributed by atoms with E-state index in [-0.39, 0.29) is 11.8 Å². The second kappa shape index (κ2) is 9.70. The lowest BCUT2D eigenvalue weighted by Gasteiger charge is -2.35. The Kier molecular flexibility index (Phi) is 6.80. The highest BCUT2D eigenvalue weighted by Crippen LogP contribution is 2.29. The molecular weight excluding hydrogens is 364 g/mol. The summed E-state index contributed by atoms with van der Waals surface area (Å²) in [5, 5.41) is 0. The zero-order valence-electron chi connectivity index (χ0n) is 17.5. The minimum absolute atomic E-state index is 0.0903. The van der Waals surface area contributed by atoms with Crippen molar-refractivity contribution in [3.05, 3.63) is 30.1 Å². The average Bonchev–Trinajstić information content (AvgIpc) is 3.21. The Morgan fingerprint density at radius 2 is 1.52 bits per heavy atom. The van der Waals surface area contributed by atoms with Gasteiger partial charge in [0.25, 0.3) is 0 Å². The van der Waals surface area contributed by atoms with Gasteiger partial charge >= 0.3 is 0 Å². The third-order valence-corrected chi connectivity index (χ3v) is 6.89. The number of piperidine rings is 1. The van der Waals surface area contributed by atoms with Crippen LogP contribution in [-0.4, -0.2) is 70.8 Å². The van der Waals surface area contributed by atoms with Crippen LogP contribution in [0.5, 0.6) is 0 Å². The normalized spacial score (nSPS) is 22.6. The van der Waals surface area contributed by atoms with Crippen LogP contribution in [0, 0.1) is 11.8 Å². The number of amides is 2. The Labute approximate surface area is 174 Å². The first kappa shape index (κ1) is 20.3. The van der Waals surface area contributed by atoms with Gasteiger partial charge in [-0.2, -0.15) is 0 Å². The molecule has 3 fully saturated rings. The van der Waals surface area contributed by atoms with Gasteiger partial charge in [-0.05, 0) is 43.7 Å². The summed E-state index contributed by atoms with van der Waals surface area (Å²) >= 11 is 0. The Morgan fingerprint density at radius 3 is 2.21 bits per heavy atom. The van der Waals surface area contributed by atoms with Crippen molar-refractivity contribution in [2.45, 2.75) is 51.5 Å². The molecular formula is C23H34N4O2. The van der Waals surface area contributed by atoms with Crippen LogP contribution in [0.15, 0.2) is 24.5 Å². The van der Waals surface area contributed by atoms with Crippen molar-refractivity contribution < 1.29 is 9.59 Å². The molecule has 6 heteroatoms. The number of nitrogens with zero attached hydrogens (tertiary/aromatic N) is 4. The number of pyridine rings is 1. The van der Waals surface area contributed by atoms with E-state index in [1.54, 1.807) is 6.20 Å². The van der Waals surface area contributed by atoms with Gasteiger partial charge in [-0.3, -0.25) is 19.5 Å². The predicted octanol–water partition coefficient (Wildman–Crippen LogP) is 2.54. The summed E-state index contributed by atoms with van der Waals surface area (Å²) < 4.78 is 0. The molecule has 0 atom stereocenters. The van der Waals surface area contributed by atoms with E-state index in [0.717, 1.165) is 77.9 Å². The second-order valence-electron chi connectivity index (χ2n) is 8.90. The maximum absolute atomic E-state index is 13.1. The number of hydrogen-bond acceptors (Lipinski definition) is 4. The van der Waals surface area contributed by atoms with Gasteiger partial charge in [-0.25, -0.2) is 0 Å². The lowest BCUT2D eigenvalue weighted by atomic mass is 9.94. The van der Waals surface area contributed by atoms with Gasteiger partial charge in [0, 0.05) is 70.0 Å². The molecule has 1 aliphatic carbocycles. The largest absolute Gasteiger partial charge is 0.342 e. The minimum atomic E-state index is 0.0903. The molecule has 2 saturated heterocycles. The van der Waals surface area contributed by atoms with Crippen molar-refractivity contribution >= 4 is 11.8 Å². The van der Waals surface area contributed by atoms with Gasteiger partial charge in [0.1, 0.15) is 0 Å². The highest BCUT2D eigenvalue weighted by Gasteiger charge is 2.33. The van der Waals surface area contributed by atoms with Crippen LogP contribution in [0.3, 0.4) is 0 Å². The predicted molar refractivity (Wildman–Crippen MR) is 112 cm³/mol. The van der Waals surface area contributed by atoms with Crippen LogP contribution in [0.2, 0.25) is 0 Å². The lowest BCUT2D eigenvalue weighted by molar-refractivity contribution is -0.142. The molecule has 3 heterocycles. The first-order valence-corrected chi connectivity index (χ1v) is 11.4. The smallest absolute Gasteiger partial charge is 0.225 e. The highest BCUT2D eigenvalue weighted by molar-refractivity contribution is 5.81. The summed E-state index contributed by atoms with van der Waals surface area (Å²) in [5.74, 6) is 0.988. The van der Waals surface area contributed by atoms with E-state index in [0.29, 0.717) is 11.8 Å². The van der Waals surface area contributed by atoms with Crippen molar-refractivity contribution in [2.24, 2.45) is 11.8 Å². The molecule has 3 aliphatic rings. The fourth-order valence-corrected chi connectivity index (χ4v) is 5.14. The van der Waals surface area contributed by atoms with E-state index in [2.05, 4.69) is 20.9 Å². The Balaban J connectivity index is 1.24. The molecule has 0 N–H and O–H groups in total. The summed E-state index contributed by atoms with van der Waals surface area (Å²) in [4.78, 5) is 36.5. The molecule has 2 aliphatic heterocycles. The fourth-order valence-electron chi connectivity index (χ4n) is 5.14. The van der Waals surface area contributed by atoms with Gasteiger partial charge in [0.05, 0.1) is 0 Å². The monoisotopic (exact) mass is 398 g/mol. The van der Waals surface area contributed by atoms with Crippen LogP contribution in [0.25, 0.3) is 0 Å². The molecule has 29 heavy (non-hydrogen) atoms. The topological polar surface area (TPSA) is 56.8 Å². The third kappa shape index (κ3) is 5.16. The number of rotatable bonds is 4. The van der Waals surface area contributed by atoms with E-state index in [1.807, 2.05) is 17.2 Å². The molecule has 158 valence electrons. The van der Waals surface area contributed by atoms with Crippen molar-refractivity contribution in [3.8, 4) is 0 Å². The Bertz CT molecular complexity index is 681. The maximum atomic E-state index is 13.1. The van der Waals surface area contributed by atoms with E-state index < -0.39 is 0 Å². The molecule has 4 rings (SSSR count). The lowest BCUT2D eigenvalue weighted by Crippen LogP contribution is -2.46. The van der Waals surface area contributed by atoms with Gasteiger partial charge in [-0.1, -0.05) is 18.9 Å². The summed E-state index contributed by atoms with van der Waals surface area (Å²) in [6, 6.07) is 4.09. The van der Waals surface area contributed by atoms with Crippen LogP contribution in [-0.2, 0) is 16.1 Å². The molecule has 1 saturated carbocycles. The van der Waals surface area contributed by atoms with Crippen molar-refractivity contribution in [1.82, 2.24) is 19.7 Å². The maximum Gasteiger partial charge on any atom is 0.225 e. The summed E-state index contributed by atoms with van der Waals surface area (Å²) in [5.41, 5.74) is 1.23. The number of carbonyl (C=O) groups is 2. The average molecular weight is 399 g/mol. The number of carbonyl (C=O) groups excluding carboxylic acids is 2. The van der Waals surface area contributed by atoms with Crippen LogP contribution in [0.4, 0.5) is 0 Å². The number of hydrogen-bond donors (Lipinski definition) is 0. The standard InChI is InChI=1S/C23H34N4O2/c28-22(20-6-1-2-7-20)27-13-8-21(9-14-27)23(29)26-12-4-11-25(15-16-26)18-19-5-3-10-24-17-19/h3,5,10,17,20-21H,1-2,4,6-9,11-16,18H2. The van der Waals surface area contributed by atoms with Gasteiger partial charge in [0.15, 0.2) is 0 Å². The molecule has 6 nitrogen and oxygen atoms in total. The van der Waals surface area contributed by atoms with Crippen molar-refractivity contribution in [3.63, 3.8) is 0 Å². The van der Waals surface area contributed by atoms with Gasteiger partial charge in [0.2, 0.25) is 11.8 Å². The molecule has 0 unspecified atom stereocenters. The van der Waals surface area contributed by atoms with Crippen LogP contribution < -0.4 is 0 Å². The van der Waals surface area contributed by atoms with Crippen LogP contribution >= 0.6 is 0 Å². The molecule has 2 amide bonds.